The molecule has 1 N–H and O–H groups in total. The van der Waals surface area contributed by atoms with Crippen molar-refractivity contribution in [1.29, 1.82) is 0 Å². The lowest BCUT2D eigenvalue weighted by Gasteiger charge is -2.11. The molecule has 152 valence electrons. The van der Waals surface area contributed by atoms with Crippen LogP contribution in [0.1, 0.15) is 28.2 Å². The number of imidazole rings is 1. The molecule has 0 radical (unpaired) electrons. The molecule has 0 atom stereocenters. The first-order chi connectivity index (χ1) is 14.6. The molecule has 1 amide bonds. The van der Waals surface area contributed by atoms with Crippen molar-refractivity contribution in [2.45, 2.75) is 19.4 Å². The van der Waals surface area contributed by atoms with Gasteiger partial charge in [0, 0.05) is 28.6 Å². The van der Waals surface area contributed by atoms with Gasteiger partial charge >= 0.3 is 0 Å². The Morgan fingerprint density at radius 1 is 1.03 bits per heavy atom. The van der Waals surface area contributed by atoms with Crippen LogP contribution in [0, 0.1) is 5.82 Å². The molecule has 4 nitrogen and oxygen atoms in total. The number of para-hydroxylation sites is 2. The molecule has 1 aromatic heterocycles. The highest BCUT2D eigenvalue weighted by Crippen LogP contribution is 2.20. The number of halogens is 2. The molecule has 3 aromatic carbocycles. The van der Waals surface area contributed by atoms with Crippen molar-refractivity contribution in [3.05, 3.63) is 100 Å². The molecule has 6 heteroatoms. The van der Waals surface area contributed by atoms with Gasteiger partial charge in [-0.1, -0.05) is 52.3 Å². The molecule has 0 aliphatic heterocycles. The second-order valence-electron chi connectivity index (χ2n) is 7.06. The Hall–Kier alpha value is -2.99. The molecule has 4 rings (SSSR count). The van der Waals surface area contributed by atoms with Crippen LogP contribution in [0.15, 0.2) is 77.3 Å². The Kier molecular flexibility index (Phi) is 6.23. The van der Waals surface area contributed by atoms with E-state index in [-0.39, 0.29) is 11.7 Å². The number of nitrogens with zero attached hydrogens (tertiary/aromatic N) is 2. The molecule has 0 aliphatic rings. The fourth-order valence-corrected chi connectivity index (χ4v) is 3.87. The van der Waals surface area contributed by atoms with Gasteiger partial charge in [0.05, 0.1) is 17.6 Å². The third-order valence-electron chi connectivity index (χ3n) is 4.97. The number of rotatable bonds is 7. The predicted octanol–water partition coefficient (Wildman–Crippen LogP) is 5.35. The molecule has 4 aromatic rings. The van der Waals surface area contributed by atoms with Crippen molar-refractivity contribution in [3.63, 3.8) is 0 Å². The van der Waals surface area contributed by atoms with Crippen LogP contribution in [0.2, 0.25) is 0 Å². The molecular formula is C24H21BrFN3O. The number of aryl methyl sites for hydroxylation is 1. The lowest BCUT2D eigenvalue weighted by Crippen LogP contribution is -2.25. The van der Waals surface area contributed by atoms with Crippen LogP contribution in [-0.4, -0.2) is 22.0 Å². The fourth-order valence-electron chi connectivity index (χ4n) is 3.47. The average molecular weight is 466 g/mol. The van der Waals surface area contributed by atoms with E-state index in [9.17, 15) is 9.18 Å². The maximum atomic E-state index is 14.2. The van der Waals surface area contributed by atoms with Crippen molar-refractivity contribution < 1.29 is 9.18 Å². The molecule has 0 unspecified atom stereocenters. The van der Waals surface area contributed by atoms with E-state index in [0.29, 0.717) is 30.6 Å². The van der Waals surface area contributed by atoms with Gasteiger partial charge in [0.25, 0.3) is 5.91 Å². The summed E-state index contributed by atoms with van der Waals surface area (Å²) in [6.45, 7) is 0.959. The third-order valence-corrected chi connectivity index (χ3v) is 5.46. The van der Waals surface area contributed by atoms with Crippen LogP contribution in [0.5, 0.6) is 0 Å². The minimum Gasteiger partial charge on any atom is -0.352 e. The maximum absolute atomic E-state index is 14.2. The number of carbonyl (C=O) groups excluding carboxylic acids is 1. The number of hydrogen-bond acceptors (Lipinski definition) is 2. The zero-order valence-corrected chi connectivity index (χ0v) is 17.9. The Balaban J connectivity index is 1.46. The van der Waals surface area contributed by atoms with Crippen molar-refractivity contribution in [2.75, 3.05) is 6.54 Å². The standard InChI is InChI=1S/C24H21BrFN3O/c25-19-9-5-8-17(15-19)24(30)27-14-6-13-23-28-21-11-3-4-12-22(21)29(23)16-18-7-1-2-10-20(18)26/h1-5,7-12,15H,6,13-14,16H2,(H,27,30). The first-order valence-corrected chi connectivity index (χ1v) is 10.6. The zero-order valence-electron chi connectivity index (χ0n) is 16.3. The molecule has 30 heavy (non-hydrogen) atoms. The van der Waals surface area contributed by atoms with Gasteiger partial charge < -0.3 is 9.88 Å². The molecule has 0 fully saturated rings. The zero-order chi connectivity index (χ0) is 20.9. The van der Waals surface area contributed by atoms with Crippen molar-refractivity contribution in [2.24, 2.45) is 0 Å². The van der Waals surface area contributed by atoms with Gasteiger partial charge in [-0.2, -0.15) is 0 Å². The van der Waals surface area contributed by atoms with Gasteiger partial charge in [-0.3, -0.25) is 4.79 Å². The lowest BCUT2D eigenvalue weighted by molar-refractivity contribution is 0.0953. The number of fused-ring (bicyclic) bond motifs is 1. The van der Waals surface area contributed by atoms with Gasteiger partial charge in [0.2, 0.25) is 0 Å². The Morgan fingerprint density at radius 3 is 2.67 bits per heavy atom. The fraction of sp³-hybridized carbons (Fsp3) is 0.167. The van der Waals surface area contributed by atoms with Crippen LogP contribution in [0.3, 0.4) is 0 Å². The van der Waals surface area contributed by atoms with E-state index in [1.165, 1.54) is 6.07 Å². The average Bonchev–Trinajstić information content (AvgIpc) is 3.10. The number of aromatic nitrogens is 2. The quantitative estimate of drug-likeness (QED) is 0.374. The van der Waals surface area contributed by atoms with Gasteiger partial charge in [0.15, 0.2) is 0 Å². The van der Waals surface area contributed by atoms with E-state index in [0.717, 1.165) is 27.8 Å². The summed E-state index contributed by atoms with van der Waals surface area (Å²) in [5.74, 6) is 0.565. The summed E-state index contributed by atoms with van der Waals surface area (Å²) in [5.41, 5.74) is 3.12. The summed E-state index contributed by atoms with van der Waals surface area (Å²) >= 11 is 3.38. The molecular weight excluding hydrogens is 445 g/mol. The minimum absolute atomic E-state index is 0.101. The number of nitrogens with one attached hydrogen (secondary N) is 1. The molecule has 0 aliphatic carbocycles. The predicted molar refractivity (Wildman–Crippen MR) is 120 cm³/mol. The van der Waals surface area contributed by atoms with E-state index in [1.807, 2.05) is 42.5 Å². The van der Waals surface area contributed by atoms with Crippen LogP contribution >= 0.6 is 15.9 Å². The van der Waals surface area contributed by atoms with Crippen LogP contribution in [0.25, 0.3) is 11.0 Å². The second-order valence-corrected chi connectivity index (χ2v) is 7.98. The van der Waals surface area contributed by atoms with Gasteiger partial charge in [0.1, 0.15) is 11.6 Å². The molecule has 1 heterocycles. The van der Waals surface area contributed by atoms with E-state index in [1.54, 1.807) is 24.3 Å². The number of benzene rings is 3. The van der Waals surface area contributed by atoms with E-state index in [4.69, 9.17) is 4.98 Å². The smallest absolute Gasteiger partial charge is 0.251 e. The summed E-state index contributed by atoms with van der Waals surface area (Å²) in [5, 5.41) is 2.95. The van der Waals surface area contributed by atoms with Gasteiger partial charge in [-0.15, -0.1) is 0 Å². The Labute approximate surface area is 182 Å². The highest BCUT2D eigenvalue weighted by atomic mass is 79.9. The largest absolute Gasteiger partial charge is 0.352 e. The molecule has 0 saturated carbocycles. The highest BCUT2D eigenvalue weighted by Gasteiger charge is 2.13. The summed E-state index contributed by atoms with van der Waals surface area (Å²) in [7, 11) is 0. The van der Waals surface area contributed by atoms with E-state index >= 15 is 0 Å². The Bertz CT molecular complexity index is 1190. The summed E-state index contributed by atoms with van der Waals surface area (Å²) < 4.78 is 17.1. The number of hydrogen-bond donors (Lipinski definition) is 1. The Morgan fingerprint density at radius 2 is 1.83 bits per heavy atom. The first kappa shape index (κ1) is 20.3. The molecule has 0 spiro atoms. The van der Waals surface area contributed by atoms with Gasteiger partial charge in [-0.25, -0.2) is 9.37 Å². The van der Waals surface area contributed by atoms with Gasteiger partial charge in [-0.05, 0) is 42.8 Å². The number of amides is 1. The van der Waals surface area contributed by atoms with Crippen LogP contribution in [0.4, 0.5) is 4.39 Å². The SMILES string of the molecule is O=C(NCCCc1nc2ccccc2n1Cc1ccccc1F)c1cccc(Br)c1. The van der Waals surface area contributed by atoms with Crippen molar-refractivity contribution >= 4 is 32.9 Å². The normalized spacial score (nSPS) is 11.0. The van der Waals surface area contributed by atoms with Crippen molar-refractivity contribution in [3.8, 4) is 0 Å². The van der Waals surface area contributed by atoms with Crippen LogP contribution in [-0.2, 0) is 13.0 Å². The summed E-state index contributed by atoms with van der Waals surface area (Å²) in [4.78, 5) is 17.0. The summed E-state index contributed by atoms with van der Waals surface area (Å²) in [6, 6.07) is 22.0. The van der Waals surface area contributed by atoms with E-state index in [2.05, 4.69) is 25.8 Å². The maximum Gasteiger partial charge on any atom is 0.251 e. The first-order valence-electron chi connectivity index (χ1n) is 9.83. The monoisotopic (exact) mass is 465 g/mol. The molecule has 0 saturated heterocycles. The van der Waals surface area contributed by atoms with E-state index < -0.39 is 0 Å². The minimum atomic E-state index is -0.220. The topological polar surface area (TPSA) is 46.9 Å². The lowest BCUT2D eigenvalue weighted by atomic mass is 10.2. The summed E-state index contributed by atoms with van der Waals surface area (Å²) in [6.07, 6.45) is 1.42. The van der Waals surface area contributed by atoms with Crippen LogP contribution < -0.4 is 5.32 Å². The number of carbonyl (C=O) groups is 1. The molecule has 0 bridgehead atoms. The third kappa shape index (κ3) is 4.60. The second kappa shape index (κ2) is 9.22. The van der Waals surface area contributed by atoms with Crippen molar-refractivity contribution in [1.82, 2.24) is 14.9 Å². The highest BCUT2D eigenvalue weighted by molar-refractivity contribution is 9.10.